The van der Waals surface area contributed by atoms with Crippen LogP contribution in [0.2, 0.25) is 0 Å². The second kappa shape index (κ2) is 8.56. The summed E-state index contributed by atoms with van der Waals surface area (Å²) >= 11 is 0. The van der Waals surface area contributed by atoms with E-state index in [0.29, 0.717) is 26.2 Å². The average Bonchev–Trinajstić information content (AvgIpc) is 2.70. The molecule has 0 spiro atoms. The Morgan fingerprint density at radius 3 is 2.22 bits per heavy atom. The zero-order valence-electron chi connectivity index (χ0n) is 15.8. The highest BCUT2D eigenvalue weighted by molar-refractivity contribution is 5.89. The molecule has 1 atom stereocenters. The van der Waals surface area contributed by atoms with E-state index in [1.807, 2.05) is 73.6 Å². The van der Waals surface area contributed by atoms with Crippen molar-refractivity contribution in [1.29, 1.82) is 5.26 Å². The summed E-state index contributed by atoms with van der Waals surface area (Å²) in [6.07, 6.45) is 0. The lowest BCUT2D eigenvalue weighted by Gasteiger charge is -2.37. The molecule has 0 aromatic heterocycles. The molecule has 1 unspecified atom stereocenters. The van der Waals surface area contributed by atoms with E-state index < -0.39 is 0 Å². The first-order valence-electron chi connectivity index (χ1n) is 9.10. The monoisotopic (exact) mass is 363 g/mol. The Bertz CT molecular complexity index is 790. The summed E-state index contributed by atoms with van der Waals surface area (Å²) in [5.41, 5.74) is 2.89. The summed E-state index contributed by atoms with van der Waals surface area (Å²) in [6.45, 7) is 2.56. The number of urea groups is 1. The molecule has 0 aliphatic carbocycles. The molecular formula is C21H25N5O. The van der Waals surface area contributed by atoms with Crippen LogP contribution in [-0.2, 0) is 0 Å². The van der Waals surface area contributed by atoms with Crippen molar-refractivity contribution in [3.8, 4) is 6.07 Å². The van der Waals surface area contributed by atoms with Gasteiger partial charge in [-0.05, 0) is 29.8 Å². The average molecular weight is 363 g/mol. The number of carbonyl (C=O) groups excluding carboxylic acids is 1. The largest absolute Gasteiger partial charge is 0.378 e. The van der Waals surface area contributed by atoms with Gasteiger partial charge < -0.3 is 15.1 Å². The number of nitrogens with one attached hydrogen (secondary N) is 1. The fraction of sp³-hybridized carbons (Fsp3) is 0.333. The maximum Gasteiger partial charge on any atom is 0.321 e. The van der Waals surface area contributed by atoms with Crippen molar-refractivity contribution in [2.45, 2.75) is 6.04 Å². The van der Waals surface area contributed by atoms with E-state index in [9.17, 15) is 10.1 Å². The van der Waals surface area contributed by atoms with Crippen LogP contribution in [0.25, 0.3) is 0 Å². The SMILES string of the molecule is CN(C)c1ccc(C(C#N)N2CCN(C(=O)Nc3ccccc3)CC2)cc1. The van der Waals surface area contributed by atoms with E-state index >= 15 is 0 Å². The van der Waals surface area contributed by atoms with Gasteiger partial charge in [-0.25, -0.2) is 4.79 Å². The normalized spacial score (nSPS) is 15.7. The van der Waals surface area contributed by atoms with Gasteiger partial charge in [-0.15, -0.1) is 0 Å². The minimum Gasteiger partial charge on any atom is -0.378 e. The summed E-state index contributed by atoms with van der Waals surface area (Å²) in [7, 11) is 3.99. The molecule has 1 aliphatic rings. The van der Waals surface area contributed by atoms with Crippen LogP contribution in [0.15, 0.2) is 54.6 Å². The Balaban J connectivity index is 1.58. The van der Waals surface area contributed by atoms with Gasteiger partial charge in [-0.2, -0.15) is 5.26 Å². The van der Waals surface area contributed by atoms with Crippen molar-refractivity contribution >= 4 is 17.4 Å². The van der Waals surface area contributed by atoms with E-state index in [-0.39, 0.29) is 12.1 Å². The Morgan fingerprint density at radius 2 is 1.67 bits per heavy atom. The highest BCUT2D eigenvalue weighted by atomic mass is 16.2. The second-order valence-electron chi connectivity index (χ2n) is 6.84. The summed E-state index contributed by atoms with van der Waals surface area (Å²) < 4.78 is 0. The maximum atomic E-state index is 12.4. The zero-order valence-corrected chi connectivity index (χ0v) is 15.8. The van der Waals surface area contributed by atoms with Crippen LogP contribution < -0.4 is 10.2 Å². The lowest BCUT2D eigenvalue weighted by Crippen LogP contribution is -2.50. The smallest absolute Gasteiger partial charge is 0.321 e. The zero-order chi connectivity index (χ0) is 19.2. The number of anilines is 2. The third-order valence-corrected chi connectivity index (χ3v) is 4.84. The molecule has 6 heteroatoms. The van der Waals surface area contributed by atoms with Gasteiger partial charge in [0.2, 0.25) is 0 Å². The van der Waals surface area contributed by atoms with E-state index in [0.717, 1.165) is 16.9 Å². The van der Waals surface area contributed by atoms with Gasteiger partial charge in [0, 0.05) is 51.6 Å². The molecule has 1 fully saturated rings. The molecule has 0 radical (unpaired) electrons. The predicted molar refractivity (Wildman–Crippen MR) is 108 cm³/mol. The molecule has 140 valence electrons. The van der Waals surface area contributed by atoms with Crippen LogP contribution in [0.4, 0.5) is 16.2 Å². The number of amides is 2. The quantitative estimate of drug-likeness (QED) is 0.906. The number of carbonyl (C=O) groups is 1. The highest BCUT2D eigenvalue weighted by Crippen LogP contribution is 2.24. The molecule has 0 saturated carbocycles. The molecule has 2 amide bonds. The molecule has 1 heterocycles. The third kappa shape index (κ3) is 4.57. The Labute approximate surface area is 160 Å². The first-order valence-corrected chi connectivity index (χ1v) is 9.10. The molecule has 0 bridgehead atoms. The highest BCUT2D eigenvalue weighted by Gasteiger charge is 2.27. The van der Waals surface area contributed by atoms with E-state index in [2.05, 4.69) is 16.3 Å². The van der Waals surface area contributed by atoms with Crippen molar-refractivity contribution in [3.05, 3.63) is 60.2 Å². The van der Waals surface area contributed by atoms with E-state index in [1.165, 1.54) is 0 Å². The topological polar surface area (TPSA) is 62.6 Å². The molecule has 27 heavy (non-hydrogen) atoms. The summed E-state index contributed by atoms with van der Waals surface area (Å²) in [5, 5.41) is 12.6. The number of nitriles is 1. The number of hydrogen-bond donors (Lipinski definition) is 1. The fourth-order valence-corrected chi connectivity index (χ4v) is 3.23. The van der Waals surface area contributed by atoms with Crippen LogP contribution >= 0.6 is 0 Å². The van der Waals surface area contributed by atoms with Crippen LogP contribution in [0.5, 0.6) is 0 Å². The van der Waals surface area contributed by atoms with Crippen LogP contribution in [-0.4, -0.2) is 56.1 Å². The number of hydrogen-bond acceptors (Lipinski definition) is 4. The summed E-state index contributed by atoms with van der Waals surface area (Å²) in [4.78, 5) is 18.4. The van der Waals surface area contributed by atoms with E-state index in [4.69, 9.17) is 0 Å². The molecule has 1 saturated heterocycles. The van der Waals surface area contributed by atoms with Crippen molar-refractivity contribution in [1.82, 2.24) is 9.80 Å². The van der Waals surface area contributed by atoms with Crippen LogP contribution in [0, 0.1) is 11.3 Å². The number of para-hydroxylation sites is 1. The second-order valence-corrected chi connectivity index (χ2v) is 6.84. The van der Waals surface area contributed by atoms with Crippen molar-refractivity contribution in [3.63, 3.8) is 0 Å². The molecule has 1 aliphatic heterocycles. The molecule has 3 rings (SSSR count). The fourth-order valence-electron chi connectivity index (χ4n) is 3.23. The minimum absolute atomic E-state index is 0.0929. The number of nitrogens with zero attached hydrogens (tertiary/aromatic N) is 4. The number of benzene rings is 2. The van der Waals surface area contributed by atoms with Crippen LogP contribution in [0.3, 0.4) is 0 Å². The Hall–Kier alpha value is -3.04. The predicted octanol–water partition coefficient (Wildman–Crippen LogP) is 3.17. The first kappa shape index (κ1) is 18.7. The summed E-state index contributed by atoms with van der Waals surface area (Å²) in [5.74, 6) is 0. The van der Waals surface area contributed by atoms with E-state index in [1.54, 1.807) is 4.90 Å². The molecular weight excluding hydrogens is 338 g/mol. The van der Waals surface area contributed by atoms with Gasteiger partial charge >= 0.3 is 6.03 Å². The van der Waals surface area contributed by atoms with Gasteiger partial charge in [-0.1, -0.05) is 30.3 Å². The Kier molecular flexibility index (Phi) is 5.94. The van der Waals surface area contributed by atoms with Crippen molar-refractivity contribution in [2.24, 2.45) is 0 Å². The molecule has 6 nitrogen and oxygen atoms in total. The minimum atomic E-state index is -0.291. The number of piperazine rings is 1. The van der Waals surface area contributed by atoms with Gasteiger partial charge in [0.1, 0.15) is 6.04 Å². The van der Waals surface area contributed by atoms with Gasteiger partial charge in [0.05, 0.1) is 6.07 Å². The van der Waals surface area contributed by atoms with Crippen molar-refractivity contribution < 1.29 is 4.79 Å². The standard InChI is InChI=1S/C21H25N5O/c1-24(2)19-10-8-17(9-11-19)20(16-22)25-12-14-26(15-13-25)21(27)23-18-6-4-3-5-7-18/h3-11,20H,12-15H2,1-2H3,(H,23,27). The van der Waals surface area contributed by atoms with Crippen molar-refractivity contribution in [2.75, 3.05) is 50.5 Å². The third-order valence-electron chi connectivity index (χ3n) is 4.84. The van der Waals surface area contributed by atoms with Crippen LogP contribution in [0.1, 0.15) is 11.6 Å². The molecule has 1 N–H and O–H groups in total. The lowest BCUT2D eigenvalue weighted by molar-refractivity contribution is 0.131. The van der Waals surface area contributed by atoms with Gasteiger partial charge in [0.15, 0.2) is 0 Å². The Morgan fingerprint density at radius 1 is 1.04 bits per heavy atom. The van der Waals surface area contributed by atoms with Gasteiger partial charge in [0.25, 0.3) is 0 Å². The first-order chi connectivity index (χ1) is 13.1. The molecule has 2 aromatic carbocycles. The van der Waals surface area contributed by atoms with Gasteiger partial charge in [-0.3, -0.25) is 4.90 Å². The number of rotatable bonds is 4. The molecule has 2 aromatic rings. The summed E-state index contributed by atoms with van der Waals surface area (Å²) in [6, 6.07) is 19.6. The lowest BCUT2D eigenvalue weighted by atomic mass is 10.0. The maximum absolute atomic E-state index is 12.4.